The van der Waals surface area contributed by atoms with Crippen LogP contribution in [0.4, 0.5) is 5.69 Å². The van der Waals surface area contributed by atoms with E-state index in [0.29, 0.717) is 0 Å². The molecule has 0 aliphatic carbocycles. The van der Waals surface area contributed by atoms with E-state index in [0.717, 1.165) is 49.6 Å². The van der Waals surface area contributed by atoms with Gasteiger partial charge in [-0.1, -0.05) is 48.5 Å². The third kappa shape index (κ3) is 3.83. The number of amides is 1. The molecule has 1 N–H and O–H groups in total. The maximum absolute atomic E-state index is 12.3. The van der Waals surface area contributed by atoms with Crippen molar-refractivity contribution in [1.82, 2.24) is 9.88 Å². The van der Waals surface area contributed by atoms with Crippen molar-refractivity contribution in [1.29, 1.82) is 0 Å². The Labute approximate surface area is 152 Å². The van der Waals surface area contributed by atoms with Gasteiger partial charge in [0.15, 0.2) is 0 Å². The fraction of sp³-hybridized carbons (Fsp3) is 0.238. The zero-order valence-corrected chi connectivity index (χ0v) is 14.5. The van der Waals surface area contributed by atoms with Crippen LogP contribution in [0.5, 0.6) is 0 Å². The van der Waals surface area contributed by atoms with E-state index >= 15 is 0 Å². The molecular formula is C21H21N3O2. The van der Waals surface area contributed by atoms with Crippen molar-refractivity contribution in [3.8, 4) is 0 Å². The molecule has 0 radical (unpaired) electrons. The lowest BCUT2D eigenvalue weighted by Crippen LogP contribution is -2.26. The van der Waals surface area contributed by atoms with Crippen molar-refractivity contribution in [2.24, 2.45) is 0 Å². The number of anilines is 1. The van der Waals surface area contributed by atoms with Crippen LogP contribution in [0.25, 0.3) is 0 Å². The van der Waals surface area contributed by atoms with Crippen molar-refractivity contribution in [2.45, 2.75) is 19.4 Å². The van der Waals surface area contributed by atoms with Crippen molar-refractivity contribution in [3.63, 3.8) is 0 Å². The second-order valence-electron chi connectivity index (χ2n) is 6.47. The second kappa shape index (κ2) is 7.54. The molecular weight excluding hydrogens is 326 g/mol. The second-order valence-corrected chi connectivity index (χ2v) is 6.47. The average molecular weight is 347 g/mol. The lowest BCUT2D eigenvalue weighted by molar-refractivity contribution is 0.0988. The Morgan fingerprint density at radius 2 is 1.69 bits per heavy atom. The van der Waals surface area contributed by atoms with E-state index in [2.05, 4.69) is 39.5 Å². The van der Waals surface area contributed by atoms with Crippen LogP contribution in [0.2, 0.25) is 0 Å². The molecule has 0 fully saturated rings. The topological polar surface area (TPSA) is 58.4 Å². The minimum absolute atomic E-state index is 0.148. The third-order valence-corrected chi connectivity index (χ3v) is 4.57. The maximum Gasteiger partial charge on any atom is 0.311 e. The van der Waals surface area contributed by atoms with Crippen LogP contribution < -0.4 is 5.32 Å². The number of carbonyl (C=O) groups excluding carboxylic acids is 1. The molecule has 1 aromatic heterocycles. The van der Waals surface area contributed by atoms with E-state index in [1.165, 1.54) is 5.56 Å². The highest BCUT2D eigenvalue weighted by molar-refractivity contribution is 6.00. The number of hydrogen-bond acceptors (Lipinski definition) is 4. The molecule has 4 rings (SSSR count). The van der Waals surface area contributed by atoms with Gasteiger partial charge in [0, 0.05) is 38.2 Å². The van der Waals surface area contributed by atoms with Crippen LogP contribution in [0.3, 0.4) is 0 Å². The fourth-order valence-electron chi connectivity index (χ4n) is 3.21. The number of benzene rings is 2. The molecule has 0 unspecified atom stereocenters. The predicted octanol–water partition coefficient (Wildman–Crippen LogP) is 3.53. The predicted molar refractivity (Wildman–Crippen MR) is 100 cm³/mol. The average Bonchev–Trinajstić information content (AvgIpc) is 3.00. The summed E-state index contributed by atoms with van der Waals surface area (Å²) < 4.78 is 5.77. The van der Waals surface area contributed by atoms with Gasteiger partial charge in [-0.15, -0.1) is 0 Å². The van der Waals surface area contributed by atoms with Gasteiger partial charge in [0.2, 0.25) is 0 Å². The number of rotatable bonds is 4. The van der Waals surface area contributed by atoms with Gasteiger partial charge in [0.05, 0.1) is 5.69 Å². The van der Waals surface area contributed by atoms with Crippen LogP contribution in [0, 0.1) is 0 Å². The molecule has 132 valence electrons. The molecule has 0 atom stereocenters. The Morgan fingerprint density at radius 1 is 1.00 bits per heavy atom. The highest BCUT2D eigenvalue weighted by atomic mass is 16.4. The number of hydrogen-bond donors (Lipinski definition) is 1. The van der Waals surface area contributed by atoms with E-state index < -0.39 is 0 Å². The van der Waals surface area contributed by atoms with Crippen molar-refractivity contribution in [3.05, 3.63) is 83.6 Å². The molecule has 0 spiro atoms. The number of aromatic nitrogens is 1. The van der Waals surface area contributed by atoms with Gasteiger partial charge in [0.25, 0.3) is 5.89 Å². The van der Waals surface area contributed by atoms with Gasteiger partial charge < -0.3 is 9.73 Å². The number of oxazole rings is 1. The zero-order valence-electron chi connectivity index (χ0n) is 14.5. The smallest absolute Gasteiger partial charge is 0.311 e. The van der Waals surface area contributed by atoms with E-state index in [9.17, 15) is 4.79 Å². The first-order valence-corrected chi connectivity index (χ1v) is 8.89. The molecule has 0 saturated heterocycles. The molecule has 5 nitrogen and oxygen atoms in total. The molecule has 0 saturated carbocycles. The monoisotopic (exact) mass is 347 g/mol. The fourth-order valence-corrected chi connectivity index (χ4v) is 3.21. The van der Waals surface area contributed by atoms with Gasteiger partial charge in [-0.25, -0.2) is 4.98 Å². The quantitative estimate of drug-likeness (QED) is 0.784. The summed E-state index contributed by atoms with van der Waals surface area (Å²) in [4.78, 5) is 19.2. The summed E-state index contributed by atoms with van der Waals surface area (Å²) in [6, 6.07) is 19.8. The number of nitrogens with one attached hydrogen (secondary N) is 1. The van der Waals surface area contributed by atoms with Crippen LogP contribution in [-0.2, 0) is 19.4 Å². The molecule has 3 aromatic rings. The van der Waals surface area contributed by atoms with Gasteiger partial charge in [-0.05, 0) is 17.7 Å². The van der Waals surface area contributed by atoms with Crippen LogP contribution >= 0.6 is 0 Å². The lowest BCUT2D eigenvalue weighted by Gasteiger charge is -2.19. The SMILES string of the molecule is O=C(Nc1ccccc1)c1nc2c(o1)CCN(Cc1ccccc1)CC2. The summed E-state index contributed by atoms with van der Waals surface area (Å²) in [5.74, 6) is 0.680. The zero-order chi connectivity index (χ0) is 17.8. The molecule has 2 heterocycles. The van der Waals surface area contributed by atoms with Gasteiger partial charge in [-0.2, -0.15) is 0 Å². The maximum atomic E-state index is 12.3. The Hall–Kier alpha value is -2.92. The number of nitrogens with zero attached hydrogens (tertiary/aromatic N) is 2. The first kappa shape index (κ1) is 16.5. The van der Waals surface area contributed by atoms with E-state index in [1.54, 1.807) is 0 Å². The van der Waals surface area contributed by atoms with Crippen molar-refractivity contribution in [2.75, 3.05) is 18.4 Å². The lowest BCUT2D eigenvalue weighted by atomic mass is 10.2. The van der Waals surface area contributed by atoms with Gasteiger partial charge >= 0.3 is 5.91 Å². The van der Waals surface area contributed by atoms with Crippen molar-refractivity contribution >= 4 is 11.6 Å². The third-order valence-electron chi connectivity index (χ3n) is 4.57. The normalized spacial score (nSPS) is 14.5. The summed E-state index contributed by atoms with van der Waals surface area (Å²) >= 11 is 0. The number of para-hydroxylation sites is 1. The van der Waals surface area contributed by atoms with E-state index in [1.807, 2.05) is 36.4 Å². The van der Waals surface area contributed by atoms with Gasteiger partial charge in [0.1, 0.15) is 5.76 Å². The number of carbonyl (C=O) groups is 1. The summed E-state index contributed by atoms with van der Waals surface area (Å²) in [6.07, 6.45) is 1.57. The molecule has 2 aromatic carbocycles. The molecule has 26 heavy (non-hydrogen) atoms. The highest BCUT2D eigenvalue weighted by Gasteiger charge is 2.22. The van der Waals surface area contributed by atoms with Crippen LogP contribution in [0.1, 0.15) is 27.7 Å². The molecule has 1 aliphatic heterocycles. The summed E-state index contributed by atoms with van der Waals surface area (Å²) in [7, 11) is 0. The Morgan fingerprint density at radius 3 is 2.46 bits per heavy atom. The first-order chi connectivity index (χ1) is 12.8. The first-order valence-electron chi connectivity index (χ1n) is 8.89. The summed E-state index contributed by atoms with van der Waals surface area (Å²) in [5, 5.41) is 2.82. The van der Waals surface area contributed by atoms with Crippen LogP contribution in [0.15, 0.2) is 65.1 Å². The Balaban J connectivity index is 1.40. The standard InChI is InChI=1S/C21H21N3O2/c25-20(22-17-9-5-2-6-10-17)21-23-18-11-13-24(14-12-19(18)26-21)15-16-7-3-1-4-8-16/h1-10H,11-15H2,(H,22,25). The molecule has 1 aliphatic rings. The minimum atomic E-state index is -0.301. The van der Waals surface area contributed by atoms with Crippen LogP contribution in [-0.4, -0.2) is 28.9 Å². The van der Waals surface area contributed by atoms with E-state index in [4.69, 9.17) is 4.42 Å². The van der Waals surface area contributed by atoms with E-state index in [-0.39, 0.29) is 11.8 Å². The summed E-state index contributed by atoms with van der Waals surface area (Å²) in [5.41, 5.74) is 2.95. The highest BCUT2D eigenvalue weighted by Crippen LogP contribution is 2.19. The summed E-state index contributed by atoms with van der Waals surface area (Å²) in [6.45, 7) is 2.73. The molecule has 1 amide bonds. The van der Waals surface area contributed by atoms with Gasteiger partial charge in [-0.3, -0.25) is 9.69 Å². The number of fused-ring (bicyclic) bond motifs is 1. The molecule has 0 bridgehead atoms. The molecule has 5 heteroatoms. The Bertz CT molecular complexity index is 849. The minimum Gasteiger partial charge on any atom is -0.437 e. The van der Waals surface area contributed by atoms with Crippen molar-refractivity contribution < 1.29 is 9.21 Å². The Kier molecular flexibility index (Phi) is 4.80. The largest absolute Gasteiger partial charge is 0.437 e.